The largest absolute Gasteiger partial charge is 0.359 e. The third-order valence-electron chi connectivity index (χ3n) is 5.61. The molecule has 1 fully saturated rings. The van der Waals surface area contributed by atoms with Crippen LogP contribution in [-0.2, 0) is 6.54 Å². The Morgan fingerprint density at radius 2 is 1.93 bits per heavy atom. The van der Waals surface area contributed by atoms with Gasteiger partial charge >= 0.3 is 0 Å². The molecule has 0 radical (unpaired) electrons. The molecule has 2 aromatic rings. The van der Waals surface area contributed by atoms with Gasteiger partial charge in [-0.25, -0.2) is 4.99 Å². The lowest BCUT2D eigenvalue weighted by Gasteiger charge is -2.37. The minimum atomic E-state index is 0.367. The summed E-state index contributed by atoms with van der Waals surface area (Å²) in [5, 5.41) is 11.1. The molecule has 1 unspecified atom stereocenters. The number of hydrogen-bond acceptors (Lipinski definition) is 4. The van der Waals surface area contributed by atoms with Crippen LogP contribution in [0.4, 0.5) is 0 Å². The third kappa shape index (κ3) is 6.07. The van der Waals surface area contributed by atoms with E-state index in [2.05, 4.69) is 78.7 Å². The van der Waals surface area contributed by atoms with E-state index in [0.29, 0.717) is 24.5 Å². The molecule has 0 aliphatic carbocycles. The van der Waals surface area contributed by atoms with E-state index in [1.807, 2.05) is 6.07 Å². The van der Waals surface area contributed by atoms with E-state index in [9.17, 15) is 0 Å². The number of nitrogens with zero attached hydrogens (tertiary/aromatic N) is 3. The molecule has 0 amide bonds. The second kappa shape index (κ2) is 10.4. The summed E-state index contributed by atoms with van der Waals surface area (Å²) < 4.78 is 5.41. The molecule has 1 aliphatic rings. The van der Waals surface area contributed by atoms with E-state index in [1.54, 1.807) is 0 Å². The van der Waals surface area contributed by atoms with Crippen molar-refractivity contribution in [2.75, 3.05) is 19.6 Å². The van der Waals surface area contributed by atoms with Crippen LogP contribution < -0.4 is 10.6 Å². The van der Waals surface area contributed by atoms with Crippen LogP contribution in [0.1, 0.15) is 69.5 Å². The lowest BCUT2D eigenvalue weighted by atomic mass is 10.0. The summed E-state index contributed by atoms with van der Waals surface area (Å²) in [6.07, 6.45) is 2.22. The van der Waals surface area contributed by atoms with Crippen molar-refractivity contribution in [3.05, 3.63) is 53.4 Å². The maximum atomic E-state index is 5.41. The van der Waals surface area contributed by atoms with Gasteiger partial charge in [-0.15, -0.1) is 0 Å². The Morgan fingerprint density at radius 3 is 2.55 bits per heavy atom. The molecule has 29 heavy (non-hydrogen) atoms. The molecule has 1 aromatic carbocycles. The molecule has 158 valence electrons. The molecular formula is C23H35N5O. The average molecular weight is 398 g/mol. The van der Waals surface area contributed by atoms with E-state index in [1.165, 1.54) is 5.56 Å². The van der Waals surface area contributed by atoms with Gasteiger partial charge in [-0.3, -0.25) is 4.90 Å². The second-order valence-electron chi connectivity index (χ2n) is 8.11. The van der Waals surface area contributed by atoms with Crippen molar-refractivity contribution in [3.63, 3.8) is 0 Å². The smallest absolute Gasteiger partial charge is 0.191 e. The van der Waals surface area contributed by atoms with Gasteiger partial charge in [-0.05, 0) is 38.2 Å². The SMILES string of the molecule is CCNC(=NCc1cc(C(C)C)no1)NC1CCN(C(C)c2ccccc2)CC1. The molecule has 1 aromatic heterocycles. The van der Waals surface area contributed by atoms with Gasteiger partial charge < -0.3 is 15.2 Å². The highest BCUT2D eigenvalue weighted by atomic mass is 16.5. The molecular weight excluding hydrogens is 362 g/mol. The number of likely N-dealkylation sites (tertiary alicyclic amines) is 1. The molecule has 2 N–H and O–H groups in total. The Morgan fingerprint density at radius 1 is 1.21 bits per heavy atom. The normalized spacial score (nSPS) is 17.5. The van der Waals surface area contributed by atoms with Gasteiger partial charge in [0, 0.05) is 37.8 Å². The first-order valence-corrected chi connectivity index (χ1v) is 10.9. The van der Waals surface area contributed by atoms with Crippen molar-refractivity contribution in [2.45, 2.75) is 65.1 Å². The summed E-state index contributed by atoms with van der Waals surface area (Å²) in [6.45, 7) is 12.1. The predicted octanol–water partition coefficient (Wildman–Crippen LogP) is 4.08. The van der Waals surface area contributed by atoms with E-state index in [-0.39, 0.29) is 0 Å². The number of nitrogens with one attached hydrogen (secondary N) is 2. The molecule has 1 aliphatic heterocycles. The van der Waals surface area contributed by atoms with Crippen LogP contribution in [0.15, 0.2) is 45.9 Å². The molecule has 2 heterocycles. The topological polar surface area (TPSA) is 65.7 Å². The maximum Gasteiger partial charge on any atom is 0.191 e. The van der Waals surface area contributed by atoms with Crippen LogP contribution in [0, 0.1) is 0 Å². The minimum absolute atomic E-state index is 0.367. The fourth-order valence-corrected chi connectivity index (χ4v) is 3.72. The van der Waals surface area contributed by atoms with E-state index in [0.717, 1.165) is 49.9 Å². The summed E-state index contributed by atoms with van der Waals surface area (Å²) in [5.74, 6) is 2.02. The summed E-state index contributed by atoms with van der Waals surface area (Å²) in [7, 11) is 0. The van der Waals surface area contributed by atoms with Gasteiger partial charge in [0.2, 0.25) is 0 Å². The quantitative estimate of drug-likeness (QED) is 0.544. The second-order valence-corrected chi connectivity index (χ2v) is 8.11. The Kier molecular flexibility index (Phi) is 7.69. The number of aromatic nitrogens is 1. The lowest BCUT2D eigenvalue weighted by molar-refractivity contribution is 0.158. The predicted molar refractivity (Wildman–Crippen MR) is 118 cm³/mol. The van der Waals surface area contributed by atoms with Gasteiger partial charge in [0.15, 0.2) is 11.7 Å². The van der Waals surface area contributed by atoms with Crippen molar-refractivity contribution in [1.29, 1.82) is 0 Å². The highest BCUT2D eigenvalue weighted by Crippen LogP contribution is 2.24. The van der Waals surface area contributed by atoms with Gasteiger partial charge in [0.1, 0.15) is 6.54 Å². The molecule has 0 bridgehead atoms. The molecule has 0 spiro atoms. The highest BCUT2D eigenvalue weighted by molar-refractivity contribution is 5.80. The van der Waals surface area contributed by atoms with E-state index in [4.69, 9.17) is 9.52 Å². The molecule has 1 saturated heterocycles. The first kappa shape index (κ1) is 21.4. The maximum absolute atomic E-state index is 5.41. The van der Waals surface area contributed by atoms with Gasteiger partial charge in [0.25, 0.3) is 0 Å². The fourth-order valence-electron chi connectivity index (χ4n) is 3.72. The van der Waals surface area contributed by atoms with Crippen molar-refractivity contribution in [1.82, 2.24) is 20.7 Å². The zero-order chi connectivity index (χ0) is 20.6. The van der Waals surface area contributed by atoms with Crippen LogP contribution in [0.5, 0.6) is 0 Å². The molecule has 6 nitrogen and oxygen atoms in total. The summed E-state index contributed by atoms with van der Waals surface area (Å²) in [6, 6.07) is 13.7. The highest BCUT2D eigenvalue weighted by Gasteiger charge is 2.24. The monoisotopic (exact) mass is 397 g/mol. The van der Waals surface area contributed by atoms with Crippen LogP contribution in [-0.4, -0.2) is 41.7 Å². The first-order chi connectivity index (χ1) is 14.1. The van der Waals surface area contributed by atoms with Gasteiger partial charge in [-0.1, -0.05) is 49.3 Å². The first-order valence-electron chi connectivity index (χ1n) is 10.9. The number of benzene rings is 1. The number of hydrogen-bond donors (Lipinski definition) is 2. The zero-order valence-electron chi connectivity index (χ0n) is 18.2. The number of rotatable bonds is 7. The number of piperidine rings is 1. The van der Waals surface area contributed by atoms with Crippen molar-refractivity contribution < 1.29 is 4.52 Å². The van der Waals surface area contributed by atoms with Crippen molar-refractivity contribution >= 4 is 5.96 Å². The zero-order valence-corrected chi connectivity index (χ0v) is 18.2. The molecule has 0 saturated carbocycles. The summed E-state index contributed by atoms with van der Waals surface area (Å²) >= 11 is 0. The Balaban J connectivity index is 1.52. The Bertz CT molecular complexity index is 763. The third-order valence-corrected chi connectivity index (χ3v) is 5.61. The van der Waals surface area contributed by atoms with Crippen LogP contribution in [0.25, 0.3) is 0 Å². The lowest BCUT2D eigenvalue weighted by Crippen LogP contribution is -2.49. The van der Waals surface area contributed by atoms with Crippen molar-refractivity contribution in [2.24, 2.45) is 4.99 Å². The van der Waals surface area contributed by atoms with Crippen LogP contribution in [0.2, 0.25) is 0 Å². The Labute approximate surface area is 174 Å². The fraction of sp³-hybridized carbons (Fsp3) is 0.565. The molecule has 3 rings (SSSR count). The van der Waals surface area contributed by atoms with Crippen LogP contribution >= 0.6 is 0 Å². The molecule has 1 atom stereocenters. The average Bonchev–Trinajstić information content (AvgIpc) is 3.22. The summed E-state index contributed by atoms with van der Waals surface area (Å²) in [4.78, 5) is 7.27. The van der Waals surface area contributed by atoms with Gasteiger partial charge in [-0.2, -0.15) is 0 Å². The number of guanidine groups is 1. The minimum Gasteiger partial charge on any atom is -0.359 e. The van der Waals surface area contributed by atoms with Crippen molar-refractivity contribution in [3.8, 4) is 0 Å². The standard InChI is InChI=1S/C23H35N5O/c1-5-24-23(25-16-21-15-22(17(2)3)27-29-21)26-20-11-13-28(14-12-20)18(4)19-9-7-6-8-10-19/h6-10,15,17-18,20H,5,11-14,16H2,1-4H3,(H2,24,25,26). The number of aliphatic imine (C=N–C) groups is 1. The van der Waals surface area contributed by atoms with Crippen LogP contribution in [0.3, 0.4) is 0 Å². The molecule has 6 heteroatoms. The van der Waals surface area contributed by atoms with E-state index < -0.39 is 0 Å². The summed E-state index contributed by atoms with van der Waals surface area (Å²) in [5.41, 5.74) is 2.37. The Hall–Kier alpha value is -2.34. The van der Waals surface area contributed by atoms with E-state index >= 15 is 0 Å². The van der Waals surface area contributed by atoms with Gasteiger partial charge in [0.05, 0.1) is 5.69 Å².